The van der Waals surface area contributed by atoms with E-state index in [-0.39, 0.29) is 5.78 Å². The van der Waals surface area contributed by atoms with Gasteiger partial charge in [-0.15, -0.1) is 0 Å². The molecule has 2 heterocycles. The molecule has 1 aromatic carbocycles. The lowest BCUT2D eigenvalue weighted by Gasteiger charge is -2.20. The Morgan fingerprint density at radius 3 is 2.81 bits per heavy atom. The van der Waals surface area contributed by atoms with Crippen LogP contribution in [0, 0.1) is 0 Å². The second kappa shape index (κ2) is 6.41. The van der Waals surface area contributed by atoms with Crippen LogP contribution in [-0.2, 0) is 0 Å². The first-order chi connectivity index (χ1) is 10.2. The number of hydrogen-bond acceptors (Lipinski definition) is 4. The highest BCUT2D eigenvalue weighted by molar-refractivity contribution is 5.98. The fourth-order valence-corrected chi connectivity index (χ4v) is 2.84. The van der Waals surface area contributed by atoms with Gasteiger partial charge in [-0.05, 0) is 45.1 Å². The van der Waals surface area contributed by atoms with Crippen molar-refractivity contribution in [2.24, 2.45) is 0 Å². The minimum Gasteiger partial charge on any atom is -0.453 e. The molecule has 112 valence electrons. The van der Waals surface area contributed by atoms with E-state index in [2.05, 4.69) is 9.80 Å². The zero-order chi connectivity index (χ0) is 14.7. The van der Waals surface area contributed by atoms with Gasteiger partial charge in [0.2, 0.25) is 5.78 Å². The first-order valence-corrected chi connectivity index (χ1v) is 7.65. The lowest BCUT2D eigenvalue weighted by molar-refractivity contribution is 0.0916. The molecule has 3 rings (SSSR count). The Balaban J connectivity index is 1.54. The molecule has 4 nitrogen and oxygen atoms in total. The Bertz CT molecular complexity index is 581. The van der Waals surface area contributed by atoms with E-state index in [9.17, 15) is 4.79 Å². The van der Waals surface area contributed by atoms with Crippen molar-refractivity contribution in [1.29, 1.82) is 0 Å². The minimum atomic E-state index is 0.0510. The molecular formula is C17H22N2O2. The number of para-hydroxylation sites is 1. The van der Waals surface area contributed by atoms with Crippen LogP contribution in [0.15, 0.2) is 34.7 Å². The topological polar surface area (TPSA) is 36.7 Å². The van der Waals surface area contributed by atoms with E-state index in [4.69, 9.17) is 4.42 Å². The van der Waals surface area contributed by atoms with E-state index < -0.39 is 0 Å². The first-order valence-electron chi connectivity index (χ1n) is 7.65. The highest BCUT2D eigenvalue weighted by Crippen LogP contribution is 2.19. The molecule has 1 aromatic heterocycles. The van der Waals surface area contributed by atoms with Crippen LogP contribution in [0.1, 0.15) is 23.4 Å². The normalized spacial score (nSPS) is 16.1. The number of benzene rings is 1. The van der Waals surface area contributed by atoms with Crippen LogP contribution in [-0.4, -0.2) is 55.4 Å². The van der Waals surface area contributed by atoms with Gasteiger partial charge in [-0.1, -0.05) is 18.2 Å². The molecule has 1 aliphatic rings. The van der Waals surface area contributed by atoms with Crippen molar-refractivity contribution in [1.82, 2.24) is 9.80 Å². The molecule has 2 aromatic rings. The van der Waals surface area contributed by atoms with Gasteiger partial charge in [-0.3, -0.25) is 9.69 Å². The average molecular weight is 286 g/mol. The molecule has 0 saturated carbocycles. The molecule has 0 aliphatic carbocycles. The van der Waals surface area contributed by atoms with E-state index in [1.54, 1.807) is 0 Å². The molecule has 1 saturated heterocycles. The molecule has 0 amide bonds. The Hall–Kier alpha value is -1.65. The van der Waals surface area contributed by atoms with Crippen molar-refractivity contribution in [2.45, 2.75) is 12.8 Å². The van der Waals surface area contributed by atoms with Crippen LogP contribution >= 0.6 is 0 Å². The van der Waals surface area contributed by atoms with E-state index in [1.807, 2.05) is 37.4 Å². The summed E-state index contributed by atoms with van der Waals surface area (Å²) in [6, 6.07) is 9.57. The van der Waals surface area contributed by atoms with Crippen molar-refractivity contribution >= 4 is 16.8 Å². The van der Waals surface area contributed by atoms with Crippen molar-refractivity contribution in [2.75, 3.05) is 39.8 Å². The molecule has 0 bridgehead atoms. The summed E-state index contributed by atoms with van der Waals surface area (Å²) in [4.78, 5) is 16.8. The number of furan rings is 1. The fraction of sp³-hybridized carbons (Fsp3) is 0.471. The predicted octanol–water partition coefficient (Wildman–Crippen LogP) is 2.64. The van der Waals surface area contributed by atoms with Gasteiger partial charge < -0.3 is 9.32 Å². The highest BCUT2D eigenvalue weighted by Gasteiger charge is 2.16. The zero-order valence-electron chi connectivity index (χ0n) is 12.5. The van der Waals surface area contributed by atoms with Crippen LogP contribution in [0.4, 0.5) is 0 Å². The Morgan fingerprint density at radius 2 is 2.05 bits per heavy atom. The standard InChI is InChI=1S/C17H22N2O2/c1-18(10-11-19-8-4-5-9-19)13-15(20)17-12-14-6-2-3-7-16(14)21-17/h2-3,6-7,12H,4-5,8-11,13H2,1H3. The van der Waals surface area contributed by atoms with Gasteiger partial charge in [0, 0.05) is 18.5 Å². The Morgan fingerprint density at radius 1 is 1.29 bits per heavy atom. The summed E-state index contributed by atoms with van der Waals surface area (Å²) >= 11 is 0. The maximum absolute atomic E-state index is 12.3. The minimum absolute atomic E-state index is 0.0510. The number of ketones is 1. The summed E-state index contributed by atoms with van der Waals surface area (Å²) in [7, 11) is 2.00. The van der Waals surface area contributed by atoms with Gasteiger partial charge in [-0.25, -0.2) is 0 Å². The fourth-order valence-electron chi connectivity index (χ4n) is 2.84. The van der Waals surface area contributed by atoms with Crippen LogP contribution < -0.4 is 0 Å². The molecule has 21 heavy (non-hydrogen) atoms. The number of likely N-dealkylation sites (tertiary alicyclic amines) is 1. The van der Waals surface area contributed by atoms with Gasteiger partial charge in [0.15, 0.2) is 5.76 Å². The third-order valence-electron chi connectivity index (χ3n) is 4.11. The maximum atomic E-state index is 12.3. The summed E-state index contributed by atoms with van der Waals surface area (Å²) in [5, 5.41) is 0.987. The van der Waals surface area contributed by atoms with Crippen LogP contribution in [0.3, 0.4) is 0 Å². The SMILES string of the molecule is CN(CCN1CCCC1)CC(=O)c1cc2ccccc2o1. The number of Topliss-reactive ketones (excluding diaryl/α,β-unsaturated/α-hetero) is 1. The lowest BCUT2D eigenvalue weighted by atomic mass is 10.2. The largest absolute Gasteiger partial charge is 0.453 e. The van der Waals surface area contributed by atoms with Crippen LogP contribution in [0.25, 0.3) is 11.0 Å². The number of rotatable bonds is 6. The average Bonchev–Trinajstić information content (AvgIpc) is 3.14. The molecule has 0 radical (unpaired) electrons. The van der Waals surface area contributed by atoms with Crippen LogP contribution in [0.2, 0.25) is 0 Å². The number of carbonyl (C=O) groups is 1. The van der Waals surface area contributed by atoms with Gasteiger partial charge in [0.25, 0.3) is 0 Å². The smallest absolute Gasteiger partial charge is 0.211 e. The monoisotopic (exact) mass is 286 g/mol. The molecule has 0 unspecified atom stereocenters. The quantitative estimate of drug-likeness (QED) is 0.765. The summed E-state index contributed by atoms with van der Waals surface area (Å²) in [6.45, 7) is 4.78. The second-order valence-corrected chi connectivity index (χ2v) is 5.86. The maximum Gasteiger partial charge on any atom is 0.211 e. The van der Waals surface area contributed by atoms with Crippen molar-refractivity contribution < 1.29 is 9.21 Å². The molecule has 1 fully saturated rings. The van der Waals surface area contributed by atoms with Gasteiger partial charge >= 0.3 is 0 Å². The van der Waals surface area contributed by atoms with Gasteiger partial charge in [0.1, 0.15) is 5.58 Å². The van der Waals surface area contributed by atoms with Gasteiger partial charge in [0.05, 0.1) is 6.54 Å². The summed E-state index contributed by atoms with van der Waals surface area (Å²) in [5.41, 5.74) is 0.778. The first kappa shape index (κ1) is 14.3. The number of likely N-dealkylation sites (N-methyl/N-ethyl adjacent to an activating group) is 1. The summed E-state index contributed by atoms with van der Waals surface area (Å²) in [6.07, 6.45) is 2.61. The molecule has 0 atom stereocenters. The second-order valence-electron chi connectivity index (χ2n) is 5.86. The predicted molar refractivity (Wildman–Crippen MR) is 83.7 cm³/mol. The van der Waals surface area contributed by atoms with E-state index in [0.717, 1.165) is 24.1 Å². The van der Waals surface area contributed by atoms with E-state index in [1.165, 1.54) is 25.9 Å². The molecule has 0 N–H and O–H groups in total. The summed E-state index contributed by atoms with van der Waals surface area (Å²) < 4.78 is 5.62. The van der Waals surface area contributed by atoms with Gasteiger partial charge in [-0.2, -0.15) is 0 Å². The Labute approximate surface area is 125 Å². The van der Waals surface area contributed by atoms with Crippen molar-refractivity contribution in [3.8, 4) is 0 Å². The van der Waals surface area contributed by atoms with Crippen LogP contribution in [0.5, 0.6) is 0 Å². The number of hydrogen-bond donors (Lipinski definition) is 0. The Kier molecular flexibility index (Phi) is 4.36. The third kappa shape index (κ3) is 3.52. The molecular weight excluding hydrogens is 264 g/mol. The van der Waals surface area contributed by atoms with Crippen molar-refractivity contribution in [3.05, 3.63) is 36.1 Å². The van der Waals surface area contributed by atoms with E-state index in [0.29, 0.717) is 12.3 Å². The molecule has 4 heteroatoms. The number of nitrogens with zero attached hydrogens (tertiary/aromatic N) is 2. The summed E-state index contributed by atoms with van der Waals surface area (Å²) in [5.74, 6) is 0.513. The number of fused-ring (bicyclic) bond motifs is 1. The zero-order valence-corrected chi connectivity index (χ0v) is 12.5. The highest BCUT2D eigenvalue weighted by atomic mass is 16.3. The lowest BCUT2D eigenvalue weighted by Crippen LogP contribution is -2.34. The van der Waals surface area contributed by atoms with Crippen molar-refractivity contribution in [3.63, 3.8) is 0 Å². The molecule has 1 aliphatic heterocycles. The molecule has 0 spiro atoms. The number of carbonyl (C=O) groups excluding carboxylic acids is 1. The third-order valence-corrected chi connectivity index (χ3v) is 4.11. The van der Waals surface area contributed by atoms with E-state index >= 15 is 0 Å².